The number of carbonyl (C=O) groups excluding carboxylic acids is 1. The molecule has 0 fully saturated rings. The summed E-state index contributed by atoms with van der Waals surface area (Å²) in [5, 5.41) is 11.8. The average Bonchev–Trinajstić information content (AvgIpc) is 2.61. The van der Waals surface area contributed by atoms with Gasteiger partial charge >= 0.3 is 5.97 Å². The molecule has 2 aromatic carbocycles. The predicted octanol–water partition coefficient (Wildman–Crippen LogP) is 2.75. The molecule has 0 saturated heterocycles. The molecular weight excluding hydrogens is 334 g/mol. The molecule has 0 spiro atoms. The number of rotatable bonds is 8. The molecule has 0 unspecified atom stereocenters. The van der Waals surface area contributed by atoms with Crippen molar-refractivity contribution in [3.05, 3.63) is 58.7 Å². The second-order valence-corrected chi connectivity index (χ2v) is 5.94. The average molecular weight is 357 g/mol. The van der Waals surface area contributed by atoms with Crippen LogP contribution in [0.3, 0.4) is 0 Å². The molecule has 0 atom stereocenters. The Bertz CT molecular complexity index is 781. The first-order valence-electron chi connectivity index (χ1n) is 8.28. The van der Waals surface area contributed by atoms with Gasteiger partial charge in [-0.1, -0.05) is 24.3 Å². The van der Waals surface area contributed by atoms with E-state index in [1.807, 2.05) is 32.0 Å². The Kier molecular flexibility index (Phi) is 6.60. The number of nitrogens with one attached hydrogen (secondary N) is 1. The third-order valence-electron chi connectivity index (χ3n) is 4.01. The highest BCUT2D eigenvalue weighted by Gasteiger charge is 2.10. The number of hydrogen-bond donors (Lipinski definition) is 2. The molecule has 2 N–H and O–H groups in total. The van der Waals surface area contributed by atoms with Crippen LogP contribution in [0, 0.1) is 13.8 Å². The Morgan fingerprint density at radius 2 is 1.81 bits per heavy atom. The predicted molar refractivity (Wildman–Crippen MR) is 98.1 cm³/mol. The molecule has 0 aliphatic rings. The van der Waals surface area contributed by atoms with Crippen LogP contribution < -0.4 is 14.8 Å². The number of methoxy groups -OCH3 is 1. The topological polar surface area (TPSA) is 84.9 Å². The smallest absolute Gasteiger partial charge is 0.335 e. The van der Waals surface area contributed by atoms with Gasteiger partial charge < -0.3 is 19.9 Å². The maximum Gasteiger partial charge on any atom is 0.335 e. The van der Waals surface area contributed by atoms with Crippen molar-refractivity contribution in [2.24, 2.45) is 0 Å². The molecular formula is C20H23NO5. The van der Waals surface area contributed by atoms with Crippen molar-refractivity contribution < 1.29 is 24.2 Å². The SMILES string of the molecule is COc1cc(C(=O)O)ccc1CCNC(=O)COc1c(C)cccc1C. The lowest BCUT2D eigenvalue weighted by Crippen LogP contribution is -2.30. The number of para-hydroxylation sites is 1. The highest BCUT2D eigenvalue weighted by atomic mass is 16.5. The molecule has 0 saturated carbocycles. The van der Waals surface area contributed by atoms with Crippen molar-refractivity contribution in [1.82, 2.24) is 5.32 Å². The van der Waals surface area contributed by atoms with Crippen LogP contribution in [-0.2, 0) is 11.2 Å². The van der Waals surface area contributed by atoms with E-state index >= 15 is 0 Å². The summed E-state index contributed by atoms with van der Waals surface area (Å²) in [6.07, 6.45) is 0.526. The number of aryl methyl sites for hydroxylation is 2. The van der Waals surface area contributed by atoms with Gasteiger partial charge in [-0.25, -0.2) is 4.79 Å². The van der Waals surface area contributed by atoms with Crippen LogP contribution in [0.5, 0.6) is 11.5 Å². The van der Waals surface area contributed by atoms with Crippen LogP contribution in [0.25, 0.3) is 0 Å². The molecule has 0 aliphatic carbocycles. The van der Waals surface area contributed by atoms with Crippen LogP contribution in [-0.4, -0.2) is 37.2 Å². The van der Waals surface area contributed by atoms with Gasteiger partial charge in [0, 0.05) is 6.54 Å². The standard InChI is InChI=1S/C20H23NO5/c1-13-5-4-6-14(2)19(13)26-12-18(22)21-10-9-15-7-8-16(20(23)24)11-17(15)25-3/h4-8,11H,9-10,12H2,1-3H3,(H,21,22)(H,23,24). The zero-order valence-electron chi connectivity index (χ0n) is 15.2. The molecule has 2 rings (SSSR count). The zero-order chi connectivity index (χ0) is 19.1. The summed E-state index contributed by atoms with van der Waals surface area (Å²) in [7, 11) is 1.49. The van der Waals surface area contributed by atoms with Crippen molar-refractivity contribution in [2.45, 2.75) is 20.3 Å². The number of amides is 1. The van der Waals surface area contributed by atoms with Gasteiger partial charge in [-0.05, 0) is 49.1 Å². The second-order valence-electron chi connectivity index (χ2n) is 5.94. The Labute approximate surface area is 152 Å². The Morgan fingerprint density at radius 3 is 2.42 bits per heavy atom. The Morgan fingerprint density at radius 1 is 1.12 bits per heavy atom. The van der Waals surface area contributed by atoms with Crippen LogP contribution in [0.2, 0.25) is 0 Å². The number of benzene rings is 2. The quantitative estimate of drug-likeness (QED) is 0.759. The molecule has 0 heterocycles. The maximum atomic E-state index is 12.0. The number of hydrogen-bond acceptors (Lipinski definition) is 4. The highest BCUT2D eigenvalue weighted by Crippen LogP contribution is 2.22. The molecule has 138 valence electrons. The summed E-state index contributed by atoms with van der Waals surface area (Å²) in [5.74, 6) is 0.0000826. The Balaban J connectivity index is 1.86. The first-order chi connectivity index (χ1) is 12.4. The van der Waals surface area contributed by atoms with E-state index in [-0.39, 0.29) is 18.1 Å². The number of ether oxygens (including phenoxy) is 2. The normalized spacial score (nSPS) is 10.3. The third kappa shape index (κ3) is 4.99. The van der Waals surface area contributed by atoms with Gasteiger partial charge in [-0.2, -0.15) is 0 Å². The molecule has 0 bridgehead atoms. The van der Waals surface area contributed by atoms with E-state index in [1.54, 1.807) is 6.07 Å². The highest BCUT2D eigenvalue weighted by molar-refractivity contribution is 5.88. The van der Waals surface area contributed by atoms with E-state index in [0.29, 0.717) is 18.7 Å². The molecule has 26 heavy (non-hydrogen) atoms. The van der Waals surface area contributed by atoms with Gasteiger partial charge in [0.2, 0.25) is 0 Å². The monoisotopic (exact) mass is 357 g/mol. The lowest BCUT2D eigenvalue weighted by atomic mass is 10.1. The molecule has 6 heteroatoms. The van der Waals surface area contributed by atoms with Crippen LogP contribution in [0.15, 0.2) is 36.4 Å². The van der Waals surface area contributed by atoms with Gasteiger partial charge in [0.1, 0.15) is 11.5 Å². The summed E-state index contributed by atoms with van der Waals surface area (Å²) in [6.45, 7) is 4.22. The fraction of sp³-hybridized carbons (Fsp3) is 0.300. The van der Waals surface area contributed by atoms with E-state index in [0.717, 1.165) is 22.4 Å². The first kappa shape index (κ1) is 19.3. The van der Waals surface area contributed by atoms with E-state index in [4.69, 9.17) is 14.6 Å². The summed E-state index contributed by atoms with van der Waals surface area (Å²) >= 11 is 0. The minimum absolute atomic E-state index is 0.0548. The summed E-state index contributed by atoms with van der Waals surface area (Å²) in [4.78, 5) is 23.0. The van der Waals surface area contributed by atoms with E-state index in [9.17, 15) is 9.59 Å². The molecule has 0 aliphatic heterocycles. The number of carboxylic acids is 1. The number of carboxylic acid groups (broad SMARTS) is 1. The van der Waals surface area contributed by atoms with Gasteiger partial charge in [-0.3, -0.25) is 4.79 Å². The Hall–Kier alpha value is -3.02. The summed E-state index contributed by atoms with van der Waals surface area (Å²) in [6, 6.07) is 10.5. The van der Waals surface area contributed by atoms with Crippen LogP contribution >= 0.6 is 0 Å². The van der Waals surface area contributed by atoms with Gasteiger partial charge in [0.25, 0.3) is 5.91 Å². The van der Waals surface area contributed by atoms with Gasteiger partial charge in [0.05, 0.1) is 12.7 Å². The summed E-state index contributed by atoms with van der Waals surface area (Å²) < 4.78 is 10.8. The van der Waals surface area contributed by atoms with Crippen LogP contribution in [0.1, 0.15) is 27.0 Å². The third-order valence-corrected chi connectivity index (χ3v) is 4.01. The molecule has 1 amide bonds. The van der Waals surface area contributed by atoms with E-state index in [1.165, 1.54) is 19.2 Å². The minimum Gasteiger partial charge on any atom is -0.496 e. The largest absolute Gasteiger partial charge is 0.496 e. The van der Waals surface area contributed by atoms with E-state index in [2.05, 4.69) is 5.32 Å². The first-order valence-corrected chi connectivity index (χ1v) is 8.28. The van der Waals surface area contributed by atoms with Crippen molar-refractivity contribution in [3.63, 3.8) is 0 Å². The van der Waals surface area contributed by atoms with Gasteiger partial charge in [0.15, 0.2) is 6.61 Å². The van der Waals surface area contributed by atoms with Crippen molar-refractivity contribution >= 4 is 11.9 Å². The van der Waals surface area contributed by atoms with E-state index < -0.39 is 5.97 Å². The van der Waals surface area contributed by atoms with Crippen molar-refractivity contribution in [2.75, 3.05) is 20.3 Å². The summed E-state index contributed by atoms with van der Waals surface area (Å²) in [5.41, 5.74) is 2.97. The lowest BCUT2D eigenvalue weighted by Gasteiger charge is -2.13. The zero-order valence-corrected chi connectivity index (χ0v) is 15.2. The molecule has 2 aromatic rings. The fourth-order valence-electron chi connectivity index (χ4n) is 2.64. The van der Waals surface area contributed by atoms with Crippen molar-refractivity contribution in [1.29, 1.82) is 0 Å². The number of aromatic carboxylic acids is 1. The minimum atomic E-state index is -1.01. The maximum absolute atomic E-state index is 12.0. The van der Waals surface area contributed by atoms with Gasteiger partial charge in [-0.15, -0.1) is 0 Å². The van der Waals surface area contributed by atoms with Crippen LogP contribution in [0.4, 0.5) is 0 Å². The molecule has 0 aromatic heterocycles. The molecule has 0 radical (unpaired) electrons. The fourth-order valence-corrected chi connectivity index (χ4v) is 2.64. The lowest BCUT2D eigenvalue weighted by molar-refractivity contribution is -0.123. The second kappa shape index (κ2) is 8.89. The van der Waals surface area contributed by atoms with Crippen molar-refractivity contribution in [3.8, 4) is 11.5 Å². The molecule has 6 nitrogen and oxygen atoms in total. The number of carbonyl (C=O) groups is 2.